The van der Waals surface area contributed by atoms with E-state index in [4.69, 9.17) is 4.42 Å². The van der Waals surface area contributed by atoms with E-state index in [9.17, 15) is 4.39 Å². The smallest absolute Gasteiger partial charge is 0.251 e. The highest BCUT2D eigenvalue weighted by molar-refractivity contribution is 5.92. The fraction of sp³-hybridized carbons (Fsp3) is 0. The van der Waals surface area contributed by atoms with Gasteiger partial charge in [0.1, 0.15) is 17.8 Å². The Balaban J connectivity index is 1.68. The highest BCUT2D eigenvalue weighted by Crippen LogP contribution is 2.34. The molecule has 0 aliphatic rings. The molecule has 5 rings (SSSR count). The van der Waals surface area contributed by atoms with Crippen molar-refractivity contribution in [2.45, 2.75) is 0 Å². The molecule has 3 heterocycles. The van der Waals surface area contributed by atoms with Crippen LogP contribution in [-0.4, -0.2) is 25.1 Å². The Bertz CT molecular complexity index is 1230. The van der Waals surface area contributed by atoms with Gasteiger partial charge in [0.05, 0.1) is 11.9 Å². The SMILES string of the molecule is Fc1ccc(-c2[nH]ncc2-c2ncnc3oc(-c4ccccc4)nc23)cc1. The molecule has 1 N–H and O–H groups in total. The van der Waals surface area contributed by atoms with Gasteiger partial charge in [0.15, 0.2) is 5.52 Å². The van der Waals surface area contributed by atoms with E-state index in [1.165, 1.54) is 18.5 Å². The Hall–Kier alpha value is -3.87. The Morgan fingerprint density at radius 1 is 0.889 bits per heavy atom. The van der Waals surface area contributed by atoms with Crippen LogP contribution in [0.2, 0.25) is 0 Å². The number of aromatic amines is 1. The van der Waals surface area contributed by atoms with Gasteiger partial charge in [-0.1, -0.05) is 18.2 Å². The minimum atomic E-state index is -0.298. The Morgan fingerprint density at radius 3 is 2.52 bits per heavy atom. The summed E-state index contributed by atoms with van der Waals surface area (Å²) in [6.07, 6.45) is 3.09. The van der Waals surface area contributed by atoms with Crippen LogP contribution >= 0.6 is 0 Å². The minimum absolute atomic E-state index is 0.298. The number of rotatable bonds is 3. The minimum Gasteiger partial charge on any atom is -0.418 e. The van der Waals surface area contributed by atoms with Gasteiger partial charge in [0.25, 0.3) is 5.71 Å². The normalized spacial score (nSPS) is 11.1. The van der Waals surface area contributed by atoms with Gasteiger partial charge in [-0.3, -0.25) is 5.10 Å². The number of fused-ring (bicyclic) bond motifs is 1. The Kier molecular flexibility index (Phi) is 3.50. The number of hydrogen-bond acceptors (Lipinski definition) is 5. The fourth-order valence-electron chi connectivity index (χ4n) is 2.96. The summed E-state index contributed by atoms with van der Waals surface area (Å²) in [7, 11) is 0. The van der Waals surface area contributed by atoms with Crippen molar-refractivity contribution in [3.05, 3.63) is 72.9 Å². The zero-order valence-electron chi connectivity index (χ0n) is 13.9. The highest BCUT2D eigenvalue weighted by Gasteiger charge is 2.19. The second-order valence-electron chi connectivity index (χ2n) is 5.93. The molecule has 0 aliphatic carbocycles. The summed E-state index contributed by atoms with van der Waals surface area (Å²) < 4.78 is 19.1. The monoisotopic (exact) mass is 357 g/mol. The van der Waals surface area contributed by atoms with Gasteiger partial charge in [-0.15, -0.1) is 0 Å². The first kappa shape index (κ1) is 15.4. The summed E-state index contributed by atoms with van der Waals surface area (Å²) in [6, 6.07) is 15.8. The van der Waals surface area contributed by atoms with Gasteiger partial charge in [0.2, 0.25) is 5.89 Å². The molecule has 0 atom stereocenters. The van der Waals surface area contributed by atoms with Crippen molar-refractivity contribution in [2.24, 2.45) is 0 Å². The van der Waals surface area contributed by atoms with E-state index >= 15 is 0 Å². The second kappa shape index (κ2) is 6.14. The zero-order chi connectivity index (χ0) is 18.2. The predicted octanol–water partition coefficient (Wildman–Crippen LogP) is 4.48. The summed E-state index contributed by atoms with van der Waals surface area (Å²) in [5.41, 5.74) is 4.64. The number of hydrogen-bond donors (Lipinski definition) is 1. The molecule has 0 spiro atoms. The summed E-state index contributed by atoms with van der Waals surface area (Å²) in [4.78, 5) is 13.2. The first-order valence-corrected chi connectivity index (χ1v) is 8.26. The zero-order valence-corrected chi connectivity index (χ0v) is 13.9. The average Bonchev–Trinajstić information content (AvgIpc) is 3.36. The van der Waals surface area contributed by atoms with Gasteiger partial charge in [0, 0.05) is 16.7 Å². The molecule has 7 heteroatoms. The lowest BCUT2D eigenvalue weighted by Gasteiger charge is -2.03. The van der Waals surface area contributed by atoms with Crippen LogP contribution < -0.4 is 0 Å². The van der Waals surface area contributed by atoms with Crippen LogP contribution in [0.15, 0.2) is 71.5 Å². The molecule has 0 amide bonds. The number of oxazole rings is 1. The van der Waals surface area contributed by atoms with E-state index in [-0.39, 0.29) is 5.82 Å². The molecule has 0 saturated carbocycles. The molecule has 0 saturated heterocycles. The first-order valence-electron chi connectivity index (χ1n) is 8.26. The van der Waals surface area contributed by atoms with E-state index in [1.54, 1.807) is 18.3 Å². The lowest BCUT2D eigenvalue weighted by atomic mass is 10.1. The van der Waals surface area contributed by atoms with Crippen LogP contribution in [0, 0.1) is 5.82 Å². The molecule has 0 radical (unpaired) electrons. The molecule has 0 unspecified atom stereocenters. The topological polar surface area (TPSA) is 80.5 Å². The van der Waals surface area contributed by atoms with Gasteiger partial charge >= 0.3 is 0 Å². The molecular weight excluding hydrogens is 345 g/mol. The van der Waals surface area contributed by atoms with Gasteiger partial charge < -0.3 is 4.42 Å². The van der Waals surface area contributed by atoms with Crippen LogP contribution in [0.3, 0.4) is 0 Å². The third-order valence-electron chi connectivity index (χ3n) is 4.24. The van der Waals surface area contributed by atoms with Crippen LogP contribution in [-0.2, 0) is 0 Å². The molecule has 0 aliphatic heterocycles. The molecular formula is C20H12FN5O. The standard InChI is InChI=1S/C20H12FN5O/c21-14-8-6-12(7-9-14)16-15(10-24-26-16)17-18-20(23-11-22-17)27-19(25-18)13-4-2-1-3-5-13/h1-11H,(H,24,26). The Morgan fingerprint density at radius 2 is 1.70 bits per heavy atom. The van der Waals surface area contributed by atoms with Crippen LogP contribution in [0.5, 0.6) is 0 Å². The van der Waals surface area contributed by atoms with Crippen molar-refractivity contribution in [3.8, 4) is 34.0 Å². The largest absolute Gasteiger partial charge is 0.418 e. The maximum absolute atomic E-state index is 13.3. The summed E-state index contributed by atoms with van der Waals surface area (Å²) in [5, 5.41) is 7.08. The molecule has 5 aromatic rings. The van der Waals surface area contributed by atoms with E-state index in [2.05, 4.69) is 25.1 Å². The average molecular weight is 357 g/mol. The number of nitrogens with zero attached hydrogens (tertiary/aromatic N) is 4. The van der Waals surface area contributed by atoms with Crippen molar-refractivity contribution < 1.29 is 8.81 Å². The van der Waals surface area contributed by atoms with Crippen molar-refractivity contribution in [2.75, 3.05) is 0 Å². The van der Waals surface area contributed by atoms with Crippen molar-refractivity contribution >= 4 is 11.2 Å². The van der Waals surface area contributed by atoms with Crippen LogP contribution in [0.4, 0.5) is 4.39 Å². The fourth-order valence-corrected chi connectivity index (χ4v) is 2.96. The molecule has 0 bridgehead atoms. The third kappa shape index (κ3) is 2.65. The molecule has 6 nitrogen and oxygen atoms in total. The van der Waals surface area contributed by atoms with Crippen LogP contribution in [0.1, 0.15) is 0 Å². The van der Waals surface area contributed by atoms with E-state index in [0.717, 1.165) is 22.4 Å². The van der Waals surface area contributed by atoms with Crippen molar-refractivity contribution in [1.29, 1.82) is 0 Å². The van der Waals surface area contributed by atoms with Gasteiger partial charge in [-0.05, 0) is 36.4 Å². The predicted molar refractivity (Wildman–Crippen MR) is 98.0 cm³/mol. The quantitative estimate of drug-likeness (QED) is 0.515. The van der Waals surface area contributed by atoms with Crippen molar-refractivity contribution in [1.82, 2.24) is 25.1 Å². The summed E-state index contributed by atoms with van der Waals surface area (Å²) in [6.45, 7) is 0. The summed E-state index contributed by atoms with van der Waals surface area (Å²) >= 11 is 0. The molecule has 27 heavy (non-hydrogen) atoms. The Labute approximate surface area is 152 Å². The van der Waals surface area contributed by atoms with Crippen LogP contribution in [0.25, 0.3) is 45.2 Å². The second-order valence-corrected chi connectivity index (χ2v) is 5.93. The molecule has 0 fully saturated rings. The summed E-state index contributed by atoms with van der Waals surface area (Å²) in [5.74, 6) is 0.174. The third-order valence-corrected chi connectivity index (χ3v) is 4.24. The van der Waals surface area contributed by atoms with E-state index in [0.29, 0.717) is 22.8 Å². The van der Waals surface area contributed by atoms with Crippen molar-refractivity contribution in [3.63, 3.8) is 0 Å². The lowest BCUT2D eigenvalue weighted by molar-refractivity contribution is 0.607. The van der Waals surface area contributed by atoms with E-state index in [1.807, 2.05) is 30.3 Å². The maximum atomic E-state index is 13.3. The number of benzene rings is 2. The lowest BCUT2D eigenvalue weighted by Crippen LogP contribution is -1.89. The van der Waals surface area contributed by atoms with Gasteiger partial charge in [-0.25, -0.2) is 14.4 Å². The van der Waals surface area contributed by atoms with E-state index < -0.39 is 0 Å². The molecule has 2 aromatic carbocycles. The molecule has 3 aromatic heterocycles. The van der Waals surface area contributed by atoms with Gasteiger partial charge in [-0.2, -0.15) is 10.1 Å². The first-order chi connectivity index (χ1) is 13.3. The number of H-pyrrole nitrogens is 1. The molecule has 130 valence electrons. The number of aromatic nitrogens is 5. The highest BCUT2D eigenvalue weighted by atomic mass is 19.1. The number of nitrogens with one attached hydrogen (secondary N) is 1. The maximum Gasteiger partial charge on any atom is 0.251 e. The number of halogens is 1.